The van der Waals surface area contributed by atoms with Crippen LogP contribution < -0.4 is 10.1 Å². The second-order valence-electron chi connectivity index (χ2n) is 5.96. The van der Waals surface area contributed by atoms with Gasteiger partial charge in [-0.25, -0.2) is 0 Å². The Balaban J connectivity index is 0.00000126. The zero-order valence-electron chi connectivity index (χ0n) is 16.4. The summed E-state index contributed by atoms with van der Waals surface area (Å²) in [5.41, 5.74) is 0. The fraction of sp³-hybridized carbons (Fsp3) is 0.409. The maximum absolute atomic E-state index is 12.6. The van der Waals surface area contributed by atoms with E-state index in [1.165, 1.54) is 0 Å². The van der Waals surface area contributed by atoms with Gasteiger partial charge in [-0.1, -0.05) is 38.1 Å². The summed E-state index contributed by atoms with van der Waals surface area (Å²) in [4.78, 5) is 13.6. The number of nitrogens with one attached hydrogen (secondary N) is 1. The quantitative estimate of drug-likeness (QED) is 0.683. The number of rotatable bonds is 6. The molecule has 27 heavy (non-hydrogen) atoms. The summed E-state index contributed by atoms with van der Waals surface area (Å²) < 4.78 is 10.8. The van der Waals surface area contributed by atoms with Gasteiger partial charge in [-0.2, -0.15) is 0 Å². The van der Waals surface area contributed by atoms with Gasteiger partial charge < -0.3 is 14.8 Å². The van der Waals surface area contributed by atoms with Crippen LogP contribution in [0.5, 0.6) is 11.5 Å². The number of piperidine rings is 1. The number of benzene rings is 2. The molecule has 2 aromatic rings. The first kappa shape index (κ1) is 21.3. The fourth-order valence-electron chi connectivity index (χ4n) is 2.89. The third kappa shape index (κ3) is 6.01. The van der Waals surface area contributed by atoms with E-state index in [9.17, 15) is 4.79 Å². The zero-order chi connectivity index (χ0) is 19.5. The Morgan fingerprint density at radius 2 is 1.70 bits per heavy atom. The van der Waals surface area contributed by atoms with Crippen molar-refractivity contribution in [3.8, 4) is 11.5 Å². The second-order valence-corrected chi connectivity index (χ2v) is 7.41. The predicted octanol–water partition coefficient (Wildman–Crippen LogP) is 5.28. The molecule has 0 bridgehead atoms. The number of esters is 1. The minimum Gasteiger partial charge on any atom is -0.465 e. The minimum absolute atomic E-state index is 0.115. The van der Waals surface area contributed by atoms with Crippen molar-refractivity contribution in [1.29, 1.82) is 0 Å². The lowest BCUT2D eigenvalue weighted by Gasteiger charge is -2.34. The van der Waals surface area contributed by atoms with Crippen molar-refractivity contribution >= 4 is 17.7 Å². The molecule has 3 rings (SSSR count). The molecule has 5 heteroatoms. The summed E-state index contributed by atoms with van der Waals surface area (Å²) in [5, 5.41) is 3.32. The van der Waals surface area contributed by atoms with Crippen LogP contribution in [0.15, 0.2) is 59.5 Å². The monoisotopic (exact) mass is 387 g/mol. The van der Waals surface area contributed by atoms with Crippen LogP contribution >= 0.6 is 11.8 Å². The summed E-state index contributed by atoms with van der Waals surface area (Å²) in [5.74, 6) is 1.45. The first-order valence-corrected chi connectivity index (χ1v) is 10.4. The maximum Gasteiger partial charge on any atom is 0.322 e. The Hall–Kier alpha value is -1.98. The molecule has 0 radical (unpaired) electrons. The molecule has 0 saturated carbocycles. The van der Waals surface area contributed by atoms with Crippen LogP contribution in [0.25, 0.3) is 0 Å². The zero-order valence-corrected chi connectivity index (χ0v) is 17.2. The average molecular weight is 388 g/mol. The van der Waals surface area contributed by atoms with Crippen LogP contribution in [0.4, 0.5) is 0 Å². The minimum atomic E-state index is -0.521. The normalized spacial score (nSPS) is 15.2. The highest BCUT2D eigenvalue weighted by atomic mass is 32.2. The molecule has 146 valence electrons. The van der Waals surface area contributed by atoms with Gasteiger partial charge in [0.1, 0.15) is 16.2 Å². The maximum atomic E-state index is 12.6. The lowest BCUT2D eigenvalue weighted by atomic mass is 9.97. The van der Waals surface area contributed by atoms with E-state index in [1.807, 2.05) is 75.4 Å². The Kier molecular flexibility index (Phi) is 8.69. The van der Waals surface area contributed by atoms with E-state index in [2.05, 4.69) is 5.32 Å². The highest BCUT2D eigenvalue weighted by Crippen LogP contribution is 2.41. The molecule has 0 aliphatic carbocycles. The number of para-hydroxylation sites is 1. The van der Waals surface area contributed by atoms with Gasteiger partial charge in [0.2, 0.25) is 0 Å². The molecule has 1 heterocycles. The smallest absolute Gasteiger partial charge is 0.322 e. The highest BCUT2D eigenvalue weighted by Gasteiger charge is 2.42. The first-order valence-electron chi connectivity index (χ1n) is 9.62. The number of carbonyl (C=O) groups excluding carboxylic acids is 1. The van der Waals surface area contributed by atoms with E-state index in [4.69, 9.17) is 9.47 Å². The molecule has 1 N–H and O–H groups in total. The van der Waals surface area contributed by atoms with Crippen LogP contribution in [0.2, 0.25) is 0 Å². The van der Waals surface area contributed by atoms with Gasteiger partial charge in [0.05, 0.1) is 6.61 Å². The molecule has 0 unspecified atom stereocenters. The van der Waals surface area contributed by atoms with Crippen LogP contribution in [0, 0.1) is 0 Å². The summed E-state index contributed by atoms with van der Waals surface area (Å²) in [6.07, 6.45) is 1.53. The Morgan fingerprint density at radius 1 is 1.04 bits per heavy atom. The Bertz CT molecular complexity index is 700. The van der Waals surface area contributed by atoms with E-state index in [0.717, 1.165) is 42.3 Å². The summed E-state index contributed by atoms with van der Waals surface area (Å²) in [6.45, 7) is 7.91. The Labute approximate surface area is 166 Å². The summed E-state index contributed by atoms with van der Waals surface area (Å²) in [7, 11) is 0. The summed E-state index contributed by atoms with van der Waals surface area (Å²) >= 11 is 1.59. The van der Waals surface area contributed by atoms with Gasteiger partial charge in [0, 0.05) is 4.90 Å². The van der Waals surface area contributed by atoms with Crippen LogP contribution in [-0.2, 0) is 9.53 Å². The van der Waals surface area contributed by atoms with Crippen molar-refractivity contribution < 1.29 is 14.3 Å². The number of carbonyl (C=O) groups is 1. The number of hydrogen-bond donors (Lipinski definition) is 1. The summed E-state index contributed by atoms with van der Waals surface area (Å²) in [6, 6.07) is 17.6. The molecule has 0 spiro atoms. The molecule has 2 aromatic carbocycles. The van der Waals surface area contributed by atoms with Crippen LogP contribution in [-0.4, -0.2) is 30.4 Å². The predicted molar refractivity (Wildman–Crippen MR) is 112 cm³/mol. The van der Waals surface area contributed by atoms with Gasteiger partial charge in [-0.15, -0.1) is 11.8 Å². The van der Waals surface area contributed by atoms with Gasteiger partial charge >= 0.3 is 5.97 Å². The molecule has 4 nitrogen and oxygen atoms in total. The topological polar surface area (TPSA) is 47.6 Å². The Morgan fingerprint density at radius 3 is 2.37 bits per heavy atom. The van der Waals surface area contributed by atoms with E-state index in [-0.39, 0.29) is 5.97 Å². The second kappa shape index (κ2) is 11.0. The van der Waals surface area contributed by atoms with Gasteiger partial charge in [-0.05, 0) is 63.2 Å². The fourth-order valence-corrected chi connectivity index (χ4v) is 4.22. The molecule has 0 atom stereocenters. The number of hydrogen-bond acceptors (Lipinski definition) is 5. The van der Waals surface area contributed by atoms with Crippen LogP contribution in [0.1, 0.15) is 33.6 Å². The van der Waals surface area contributed by atoms with Crippen molar-refractivity contribution in [3.05, 3.63) is 54.6 Å². The third-order valence-electron chi connectivity index (χ3n) is 4.16. The first-order chi connectivity index (χ1) is 13.2. The average Bonchev–Trinajstić information content (AvgIpc) is 2.71. The third-order valence-corrected chi connectivity index (χ3v) is 5.61. The van der Waals surface area contributed by atoms with E-state index in [0.29, 0.717) is 6.61 Å². The largest absolute Gasteiger partial charge is 0.465 e. The molecular formula is C22H29NO3S. The number of ether oxygens (including phenoxy) is 2. The van der Waals surface area contributed by atoms with Crippen molar-refractivity contribution in [2.75, 3.05) is 19.7 Å². The molecule has 1 fully saturated rings. The lowest BCUT2D eigenvalue weighted by molar-refractivity contribution is -0.146. The van der Waals surface area contributed by atoms with Gasteiger partial charge in [-0.3, -0.25) is 4.79 Å². The molecule has 1 aliphatic rings. The van der Waals surface area contributed by atoms with Crippen molar-refractivity contribution in [1.82, 2.24) is 5.32 Å². The van der Waals surface area contributed by atoms with Crippen molar-refractivity contribution in [3.63, 3.8) is 0 Å². The molecular weight excluding hydrogens is 358 g/mol. The van der Waals surface area contributed by atoms with Gasteiger partial charge in [0.25, 0.3) is 0 Å². The van der Waals surface area contributed by atoms with Crippen molar-refractivity contribution in [2.24, 2.45) is 0 Å². The number of thioether (sulfide) groups is 1. The molecule has 1 aliphatic heterocycles. The molecule has 1 saturated heterocycles. The van der Waals surface area contributed by atoms with E-state index in [1.54, 1.807) is 11.8 Å². The SMILES string of the molecule is CC.CCOC(=O)C1(Sc2cccc(Oc3ccccc3)c2)CCNCC1. The lowest BCUT2D eigenvalue weighted by Crippen LogP contribution is -2.46. The van der Waals surface area contributed by atoms with Gasteiger partial charge in [0.15, 0.2) is 0 Å². The highest BCUT2D eigenvalue weighted by molar-refractivity contribution is 8.01. The van der Waals surface area contributed by atoms with E-state index < -0.39 is 4.75 Å². The molecule has 0 aromatic heterocycles. The van der Waals surface area contributed by atoms with E-state index >= 15 is 0 Å². The molecule has 0 amide bonds. The standard InChI is InChI=1S/C20H23NO3S.C2H6/c1-2-23-19(22)20(11-13-21-14-12-20)25-18-10-6-9-17(15-18)24-16-7-4-3-5-8-16;1-2/h3-10,15,21H,2,11-14H2,1H3;1-2H3. The van der Waals surface area contributed by atoms with Crippen LogP contribution in [0.3, 0.4) is 0 Å². The van der Waals surface area contributed by atoms with Crippen molar-refractivity contribution in [2.45, 2.75) is 43.3 Å².